The summed E-state index contributed by atoms with van der Waals surface area (Å²) in [4.78, 5) is 0. The van der Waals surface area contributed by atoms with Crippen molar-refractivity contribution in [1.29, 1.82) is 0 Å². The molecule has 1 rings (SSSR count). The van der Waals surface area contributed by atoms with Crippen LogP contribution in [0.5, 0.6) is 0 Å². The Labute approximate surface area is 93.3 Å². The molecule has 1 aromatic carbocycles. The molecular formula is C11H13ClFO2. The minimum absolute atomic E-state index is 0.126. The summed E-state index contributed by atoms with van der Waals surface area (Å²) in [5.74, 6) is -0.525. The molecule has 15 heavy (non-hydrogen) atoms. The molecule has 2 nitrogen and oxygen atoms in total. The van der Waals surface area contributed by atoms with E-state index in [-0.39, 0.29) is 18.6 Å². The average Bonchev–Trinajstić information content (AvgIpc) is 2.26. The molecule has 0 bridgehead atoms. The van der Waals surface area contributed by atoms with Gasteiger partial charge in [0.15, 0.2) is 0 Å². The van der Waals surface area contributed by atoms with Gasteiger partial charge in [0, 0.05) is 5.56 Å². The number of aliphatic hydroxyl groups excluding tert-OH is 2. The predicted molar refractivity (Wildman–Crippen MR) is 57.0 cm³/mol. The fourth-order valence-electron chi connectivity index (χ4n) is 1.42. The Bertz CT molecular complexity index is 330. The zero-order chi connectivity index (χ0) is 11.4. The lowest BCUT2D eigenvalue weighted by atomic mass is 9.98. The topological polar surface area (TPSA) is 40.5 Å². The number of aliphatic hydroxyl groups is 2. The Morgan fingerprint density at radius 1 is 1.47 bits per heavy atom. The summed E-state index contributed by atoms with van der Waals surface area (Å²) >= 11 is 5.82. The van der Waals surface area contributed by atoms with Gasteiger partial charge >= 0.3 is 0 Å². The highest BCUT2D eigenvalue weighted by atomic mass is 35.5. The third-order valence-electron chi connectivity index (χ3n) is 2.19. The van der Waals surface area contributed by atoms with Gasteiger partial charge in [0.05, 0.1) is 18.1 Å². The largest absolute Gasteiger partial charge is 0.394 e. The fourth-order valence-corrected chi connectivity index (χ4v) is 1.61. The Morgan fingerprint density at radius 2 is 2.13 bits per heavy atom. The lowest BCUT2D eigenvalue weighted by Gasteiger charge is -2.17. The molecule has 2 atom stereocenters. The number of hydrogen-bond acceptors (Lipinski definition) is 2. The molecule has 1 aromatic rings. The second-order valence-corrected chi connectivity index (χ2v) is 3.72. The van der Waals surface area contributed by atoms with E-state index in [1.807, 2.05) is 0 Å². The summed E-state index contributed by atoms with van der Waals surface area (Å²) in [6.07, 6.45) is -0.836. The molecule has 0 fully saturated rings. The molecule has 2 unspecified atom stereocenters. The molecule has 1 radical (unpaired) electrons. The van der Waals surface area contributed by atoms with Crippen molar-refractivity contribution < 1.29 is 14.6 Å². The maximum atomic E-state index is 13.5. The standard InChI is InChI=1S/C11H13ClFO2/c1-2-10(15)11-7(8(12)6-14)4-3-5-9(11)13/h3-5,8,10,14-15H,1-2,6H2. The average molecular weight is 232 g/mol. The van der Waals surface area contributed by atoms with E-state index in [4.69, 9.17) is 16.7 Å². The van der Waals surface area contributed by atoms with Crippen LogP contribution < -0.4 is 0 Å². The lowest BCUT2D eigenvalue weighted by Crippen LogP contribution is -2.08. The van der Waals surface area contributed by atoms with Crippen LogP contribution >= 0.6 is 11.6 Å². The Hall–Kier alpha value is -0.640. The van der Waals surface area contributed by atoms with Gasteiger partial charge in [-0.3, -0.25) is 0 Å². The van der Waals surface area contributed by atoms with E-state index in [1.165, 1.54) is 12.1 Å². The SMILES string of the molecule is [CH2]CC(O)c1c(F)cccc1C(Cl)CO. The molecule has 0 spiro atoms. The molecule has 0 aliphatic carbocycles. The number of alkyl halides is 1. The van der Waals surface area contributed by atoms with Crippen molar-refractivity contribution in [1.82, 2.24) is 0 Å². The number of halogens is 2. The van der Waals surface area contributed by atoms with Crippen molar-refractivity contribution in [2.45, 2.75) is 17.9 Å². The first kappa shape index (κ1) is 12.4. The van der Waals surface area contributed by atoms with Gasteiger partial charge in [0.2, 0.25) is 0 Å². The fraction of sp³-hybridized carbons (Fsp3) is 0.364. The van der Waals surface area contributed by atoms with E-state index >= 15 is 0 Å². The van der Waals surface area contributed by atoms with Crippen LogP contribution in [0.3, 0.4) is 0 Å². The van der Waals surface area contributed by atoms with Crippen molar-refractivity contribution in [3.63, 3.8) is 0 Å². The monoisotopic (exact) mass is 231 g/mol. The van der Waals surface area contributed by atoms with E-state index in [1.54, 1.807) is 6.07 Å². The molecule has 4 heteroatoms. The first-order chi connectivity index (χ1) is 7.11. The van der Waals surface area contributed by atoms with Gasteiger partial charge in [-0.25, -0.2) is 4.39 Å². The molecule has 0 saturated heterocycles. The van der Waals surface area contributed by atoms with Gasteiger partial charge in [-0.1, -0.05) is 19.1 Å². The molecule has 2 N–H and O–H groups in total. The van der Waals surface area contributed by atoms with Crippen LogP contribution in [0.15, 0.2) is 18.2 Å². The molecule has 0 aliphatic rings. The summed E-state index contributed by atoms with van der Waals surface area (Å²) < 4.78 is 13.5. The van der Waals surface area contributed by atoms with E-state index in [2.05, 4.69) is 6.92 Å². The number of benzene rings is 1. The highest BCUT2D eigenvalue weighted by Gasteiger charge is 2.19. The van der Waals surface area contributed by atoms with Crippen LogP contribution in [0.2, 0.25) is 0 Å². The van der Waals surface area contributed by atoms with Crippen LogP contribution in [0.25, 0.3) is 0 Å². The molecule has 0 aliphatic heterocycles. The van der Waals surface area contributed by atoms with E-state index in [0.717, 1.165) is 0 Å². The van der Waals surface area contributed by atoms with E-state index < -0.39 is 17.3 Å². The summed E-state index contributed by atoms with van der Waals surface area (Å²) in [5.41, 5.74) is 0.539. The van der Waals surface area contributed by atoms with Gasteiger partial charge in [-0.2, -0.15) is 0 Å². The van der Waals surface area contributed by atoms with Crippen molar-refractivity contribution in [3.8, 4) is 0 Å². The molecule has 83 valence electrons. The third-order valence-corrected chi connectivity index (χ3v) is 2.56. The highest BCUT2D eigenvalue weighted by Crippen LogP contribution is 2.31. The Kier molecular flexibility index (Phi) is 4.51. The van der Waals surface area contributed by atoms with Gasteiger partial charge in [-0.15, -0.1) is 11.6 Å². The molecule has 0 amide bonds. The van der Waals surface area contributed by atoms with Gasteiger partial charge < -0.3 is 10.2 Å². The summed E-state index contributed by atoms with van der Waals surface area (Å²) in [6.45, 7) is 3.20. The second kappa shape index (κ2) is 5.45. The van der Waals surface area contributed by atoms with E-state index in [9.17, 15) is 9.50 Å². The molecule has 0 heterocycles. The van der Waals surface area contributed by atoms with Gasteiger partial charge in [0.25, 0.3) is 0 Å². The summed E-state index contributed by atoms with van der Waals surface area (Å²) in [6, 6.07) is 4.33. The van der Waals surface area contributed by atoms with Crippen LogP contribution in [0, 0.1) is 12.7 Å². The van der Waals surface area contributed by atoms with Crippen LogP contribution in [-0.2, 0) is 0 Å². The Morgan fingerprint density at radius 3 is 2.67 bits per heavy atom. The molecule has 0 aromatic heterocycles. The first-order valence-electron chi connectivity index (χ1n) is 4.62. The zero-order valence-corrected chi connectivity index (χ0v) is 8.91. The number of hydrogen-bond donors (Lipinski definition) is 2. The number of rotatable bonds is 4. The molecule has 0 saturated carbocycles. The Balaban J connectivity index is 3.19. The third kappa shape index (κ3) is 2.68. The van der Waals surface area contributed by atoms with Crippen molar-refractivity contribution in [2.75, 3.05) is 6.61 Å². The maximum Gasteiger partial charge on any atom is 0.129 e. The van der Waals surface area contributed by atoms with E-state index in [0.29, 0.717) is 5.56 Å². The van der Waals surface area contributed by atoms with Gasteiger partial charge in [-0.05, 0) is 18.1 Å². The van der Waals surface area contributed by atoms with Crippen molar-refractivity contribution in [2.24, 2.45) is 0 Å². The highest BCUT2D eigenvalue weighted by molar-refractivity contribution is 6.21. The second-order valence-electron chi connectivity index (χ2n) is 3.20. The maximum absolute atomic E-state index is 13.5. The molecular weight excluding hydrogens is 219 g/mol. The normalized spacial score (nSPS) is 15.0. The summed E-state index contributed by atoms with van der Waals surface area (Å²) in [7, 11) is 0. The minimum Gasteiger partial charge on any atom is -0.394 e. The van der Waals surface area contributed by atoms with Crippen LogP contribution in [0.1, 0.15) is 29.0 Å². The quantitative estimate of drug-likeness (QED) is 0.781. The van der Waals surface area contributed by atoms with Crippen molar-refractivity contribution in [3.05, 3.63) is 42.1 Å². The van der Waals surface area contributed by atoms with Gasteiger partial charge in [0.1, 0.15) is 5.82 Å². The minimum atomic E-state index is -0.992. The van der Waals surface area contributed by atoms with Crippen molar-refractivity contribution >= 4 is 11.6 Å². The smallest absolute Gasteiger partial charge is 0.129 e. The first-order valence-corrected chi connectivity index (χ1v) is 5.06. The van der Waals surface area contributed by atoms with Crippen LogP contribution in [-0.4, -0.2) is 16.8 Å². The zero-order valence-electron chi connectivity index (χ0n) is 8.16. The lowest BCUT2D eigenvalue weighted by molar-refractivity contribution is 0.174. The predicted octanol–water partition coefficient (Wildman–Crippen LogP) is 2.36. The summed E-state index contributed by atoms with van der Waals surface area (Å²) in [5, 5.41) is 17.8. The van der Waals surface area contributed by atoms with Crippen LogP contribution in [0.4, 0.5) is 4.39 Å².